The third-order valence-corrected chi connectivity index (χ3v) is 4.65. The van der Waals surface area contributed by atoms with Gasteiger partial charge >= 0.3 is 0 Å². The summed E-state index contributed by atoms with van der Waals surface area (Å²) in [6.45, 7) is 6.36. The van der Waals surface area contributed by atoms with Crippen molar-refractivity contribution in [1.82, 2.24) is 4.57 Å². The Bertz CT molecular complexity index is 1000. The van der Waals surface area contributed by atoms with Crippen LogP contribution in [0.2, 0.25) is 0 Å². The lowest BCUT2D eigenvalue weighted by molar-refractivity contribution is 0.410. The number of methoxy groups -OCH3 is 1. The predicted molar refractivity (Wildman–Crippen MR) is 99.1 cm³/mol. The number of aryl methyl sites for hydroxylation is 3. The Kier molecular flexibility index (Phi) is 4.62. The first-order valence-electron chi connectivity index (χ1n) is 8.41. The van der Waals surface area contributed by atoms with Crippen molar-refractivity contribution < 1.29 is 9.13 Å². The zero-order chi connectivity index (χ0) is 18.1. The van der Waals surface area contributed by atoms with Gasteiger partial charge in [-0.1, -0.05) is 18.2 Å². The molecule has 0 aliphatic heterocycles. The molecule has 2 aromatic carbocycles. The number of pyridine rings is 1. The molecule has 3 nitrogen and oxygen atoms in total. The molecule has 1 heterocycles. The Morgan fingerprint density at radius 1 is 1.12 bits per heavy atom. The van der Waals surface area contributed by atoms with Gasteiger partial charge in [-0.3, -0.25) is 4.79 Å². The highest BCUT2D eigenvalue weighted by Gasteiger charge is 2.14. The highest BCUT2D eigenvalue weighted by Crippen LogP contribution is 2.28. The summed E-state index contributed by atoms with van der Waals surface area (Å²) in [4.78, 5) is 12.6. The standard InChI is InChI=1S/C21H22FNO2/c1-5-23-12-14(3)21(24)17-10-16(19(25-4)11-18(17)23)9-15-8-6-7-13(2)20(15)22/h6-8,10-12H,5,9H2,1-4H3. The molecule has 0 amide bonds. The maximum atomic E-state index is 14.4. The lowest BCUT2D eigenvalue weighted by atomic mass is 9.99. The first-order chi connectivity index (χ1) is 12.0. The average molecular weight is 339 g/mol. The molecule has 0 saturated heterocycles. The van der Waals surface area contributed by atoms with Crippen molar-refractivity contribution in [3.63, 3.8) is 0 Å². The predicted octanol–water partition coefficient (Wildman–Crippen LogP) is 4.38. The average Bonchev–Trinajstić information content (AvgIpc) is 2.61. The smallest absolute Gasteiger partial charge is 0.192 e. The van der Waals surface area contributed by atoms with Gasteiger partial charge in [-0.15, -0.1) is 0 Å². The Hall–Kier alpha value is -2.62. The fourth-order valence-electron chi connectivity index (χ4n) is 3.25. The molecular weight excluding hydrogens is 317 g/mol. The molecule has 0 atom stereocenters. The Morgan fingerprint density at radius 3 is 2.56 bits per heavy atom. The van der Waals surface area contributed by atoms with Gasteiger partial charge in [0.25, 0.3) is 0 Å². The number of benzene rings is 2. The van der Waals surface area contributed by atoms with Crippen LogP contribution in [0.25, 0.3) is 10.9 Å². The number of hydrogen-bond donors (Lipinski definition) is 0. The number of rotatable bonds is 4. The molecule has 0 saturated carbocycles. The second-order valence-electron chi connectivity index (χ2n) is 6.33. The number of hydrogen-bond acceptors (Lipinski definition) is 2. The maximum Gasteiger partial charge on any atom is 0.192 e. The lowest BCUT2D eigenvalue weighted by Gasteiger charge is -2.15. The van der Waals surface area contributed by atoms with Gasteiger partial charge in [-0.05, 0) is 43.5 Å². The first-order valence-corrected chi connectivity index (χ1v) is 8.41. The van der Waals surface area contributed by atoms with Gasteiger partial charge in [0.15, 0.2) is 5.43 Å². The molecular formula is C21H22FNO2. The Balaban J connectivity index is 2.23. The van der Waals surface area contributed by atoms with Crippen LogP contribution in [0.4, 0.5) is 4.39 Å². The van der Waals surface area contributed by atoms with Crippen molar-refractivity contribution in [1.29, 1.82) is 0 Å². The van der Waals surface area contributed by atoms with Crippen molar-refractivity contribution in [2.24, 2.45) is 0 Å². The summed E-state index contributed by atoms with van der Waals surface area (Å²) in [6.07, 6.45) is 2.25. The fraction of sp³-hybridized carbons (Fsp3) is 0.286. The van der Waals surface area contributed by atoms with Crippen molar-refractivity contribution in [2.75, 3.05) is 7.11 Å². The van der Waals surface area contributed by atoms with Crippen LogP contribution in [0.3, 0.4) is 0 Å². The molecule has 0 bridgehead atoms. The molecule has 130 valence electrons. The van der Waals surface area contributed by atoms with Crippen LogP contribution in [0, 0.1) is 19.7 Å². The Labute approximate surface area is 146 Å². The summed E-state index contributed by atoms with van der Waals surface area (Å²) in [5, 5.41) is 0.644. The molecule has 3 rings (SSSR count). The van der Waals surface area contributed by atoms with Gasteiger partial charge in [-0.25, -0.2) is 4.39 Å². The van der Waals surface area contributed by atoms with E-state index in [1.165, 1.54) is 0 Å². The minimum atomic E-state index is -0.208. The summed E-state index contributed by atoms with van der Waals surface area (Å²) in [5.74, 6) is 0.457. The van der Waals surface area contributed by atoms with E-state index < -0.39 is 0 Å². The van der Waals surface area contributed by atoms with Gasteiger partial charge in [-0.2, -0.15) is 0 Å². The van der Waals surface area contributed by atoms with E-state index in [1.807, 2.05) is 42.8 Å². The van der Waals surface area contributed by atoms with Crippen molar-refractivity contribution in [2.45, 2.75) is 33.7 Å². The van der Waals surface area contributed by atoms with Crippen LogP contribution in [0.1, 0.15) is 29.2 Å². The lowest BCUT2D eigenvalue weighted by Crippen LogP contribution is -2.12. The van der Waals surface area contributed by atoms with Crippen LogP contribution in [0.15, 0.2) is 41.3 Å². The van der Waals surface area contributed by atoms with Gasteiger partial charge in [0, 0.05) is 36.2 Å². The molecule has 1 aromatic heterocycles. The molecule has 0 aliphatic rings. The Morgan fingerprint density at radius 2 is 1.88 bits per heavy atom. The van der Waals surface area contributed by atoms with E-state index in [0.717, 1.165) is 17.6 Å². The summed E-state index contributed by atoms with van der Waals surface area (Å²) in [7, 11) is 1.60. The topological polar surface area (TPSA) is 31.2 Å². The number of halogens is 1. The summed E-state index contributed by atoms with van der Waals surface area (Å²) >= 11 is 0. The minimum Gasteiger partial charge on any atom is -0.496 e. The minimum absolute atomic E-state index is 0.00770. The summed E-state index contributed by atoms with van der Waals surface area (Å²) in [5.41, 5.74) is 3.57. The van der Waals surface area contributed by atoms with Gasteiger partial charge < -0.3 is 9.30 Å². The number of ether oxygens (including phenoxy) is 1. The number of fused-ring (bicyclic) bond motifs is 1. The molecule has 0 radical (unpaired) electrons. The highest BCUT2D eigenvalue weighted by atomic mass is 19.1. The summed E-state index contributed by atoms with van der Waals surface area (Å²) < 4.78 is 22.0. The second-order valence-corrected chi connectivity index (χ2v) is 6.33. The van der Waals surface area contributed by atoms with E-state index in [9.17, 15) is 9.18 Å². The normalized spacial score (nSPS) is 11.1. The van der Waals surface area contributed by atoms with E-state index in [4.69, 9.17) is 4.74 Å². The van der Waals surface area contributed by atoms with E-state index in [0.29, 0.717) is 34.2 Å². The monoisotopic (exact) mass is 339 g/mol. The third-order valence-electron chi connectivity index (χ3n) is 4.65. The SMILES string of the molecule is CCn1cc(C)c(=O)c2cc(Cc3cccc(C)c3F)c(OC)cc21. The van der Waals surface area contributed by atoms with Gasteiger partial charge in [0.2, 0.25) is 0 Å². The quantitative estimate of drug-likeness (QED) is 0.706. The first kappa shape index (κ1) is 17.2. The molecule has 0 aliphatic carbocycles. The molecule has 3 aromatic rings. The molecule has 0 N–H and O–H groups in total. The van der Waals surface area contributed by atoms with E-state index in [-0.39, 0.29) is 11.2 Å². The molecule has 4 heteroatoms. The molecule has 25 heavy (non-hydrogen) atoms. The second kappa shape index (κ2) is 6.71. The van der Waals surface area contributed by atoms with Gasteiger partial charge in [0.1, 0.15) is 11.6 Å². The van der Waals surface area contributed by atoms with E-state index in [2.05, 4.69) is 0 Å². The van der Waals surface area contributed by atoms with Crippen LogP contribution in [0.5, 0.6) is 5.75 Å². The van der Waals surface area contributed by atoms with Gasteiger partial charge in [0.05, 0.1) is 12.6 Å². The molecule has 0 spiro atoms. The molecule has 0 unspecified atom stereocenters. The fourth-order valence-corrected chi connectivity index (χ4v) is 3.25. The zero-order valence-electron chi connectivity index (χ0n) is 15.0. The van der Waals surface area contributed by atoms with Crippen LogP contribution in [-0.4, -0.2) is 11.7 Å². The molecule has 0 fully saturated rings. The van der Waals surface area contributed by atoms with Crippen LogP contribution < -0.4 is 10.2 Å². The highest BCUT2D eigenvalue weighted by molar-refractivity contribution is 5.82. The maximum absolute atomic E-state index is 14.4. The number of nitrogens with zero attached hydrogens (tertiary/aromatic N) is 1. The largest absolute Gasteiger partial charge is 0.496 e. The van der Waals surface area contributed by atoms with E-state index >= 15 is 0 Å². The zero-order valence-corrected chi connectivity index (χ0v) is 15.0. The van der Waals surface area contributed by atoms with Crippen molar-refractivity contribution >= 4 is 10.9 Å². The van der Waals surface area contributed by atoms with E-state index in [1.54, 1.807) is 26.2 Å². The van der Waals surface area contributed by atoms with Crippen molar-refractivity contribution in [3.05, 3.63) is 74.8 Å². The number of aromatic nitrogens is 1. The van der Waals surface area contributed by atoms with Crippen molar-refractivity contribution in [3.8, 4) is 5.75 Å². The van der Waals surface area contributed by atoms with Crippen LogP contribution >= 0.6 is 0 Å². The van der Waals surface area contributed by atoms with Crippen LogP contribution in [-0.2, 0) is 13.0 Å². The summed E-state index contributed by atoms with van der Waals surface area (Å²) in [6, 6.07) is 9.09. The third kappa shape index (κ3) is 3.04.